The molecule has 1 aromatic rings. The number of rotatable bonds is 1. The summed E-state index contributed by atoms with van der Waals surface area (Å²) in [5.41, 5.74) is 4.56. The largest absolute Gasteiger partial charge is 0.412 e. The van der Waals surface area contributed by atoms with Crippen LogP contribution in [0.2, 0.25) is 5.02 Å². The van der Waals surface area contributed by atoms with Crippen molar-refractivity contribution in [2.24, 2.45) is 5.73 Å². The molecule has 68 valence electrons. The predicted molar refractivity (Wildman–Crippen MR) is 44.2 cm³/mol. The SMILES string of the molecule is NC(=O)OC(=O)c1cc(Cl)ccn1. The Hall–Kier alpha value is -1.62. The fraction of sp³-hybridized carbons (Fsp3) is 0. The summed E-state index contributed by atoms with van der Waals surface area (Å²) in [6.07, 6.45) is 0.145. The van der Waals surface area contributed by atoms with Crippen LogP contribution in [0.3, 0.4) is 0 Å². The summed E-state index contributed by atoms with van der Waals surface area (Å²) >= 11 is 5.56. The summed E-state index contributed by atoms with van der Waals surface area (Å²) < 4.78 is 4.07. The zero-order valence-electron chi connectivity index (χ0n) is 6.36. The van der Waals surface area contributed by atoms with Crippen LogP contribution >= 0.6 is 11.6 Å². The number of nitrogens with two attached hydrogens (primary N) is 1. The van der Waals surface area contributed by atoms with Gasteiger partial charge in [-0.25, -0.2) is 14.6 Å². The molecule has 13 heavy (non-hydrogen) atoms. The molecule has 0 aliphatic carbocycles. The topological polar surface area (TPSA) is 82.3 Å². The molecule has 0 radical (unpaired) electrons. The van der Waals surface area contributed by atoms with Crippen LogP contribution in [0.4, 0.5) is 4.79 Å². The van der Waals surface area contributed by atoms with E-state index in [0.717, 1.165) is 0 Å². The molecule has 2 N–H and O–H groups in total. The highest BCUT2D eigenvalue weighted by Crippen LogP contribution is 2.08. The summed E-state index contributed by atoms with van der Waals surface area (Å²) in [5.74, 6) is -0.921. The first-order valence-electron chi connectivity index (χ1n) is 3.23. The zero-order valence-corrected chi connectivity index (χ0v) is 7.12. The molecule has 0 unspecified atom stereocenters. The van der Waals surface area contributed by atoms with Crippen LogP contribution < -0.4 is 5.73 Å². The minimum atomic E-state index is -1.17. The maximum absolute atomic E-state index is 11.0. The monoisotopic (exact) mass is 200 g/mol. The minimum Gasteiger partial charge on any atom is -0.372 e. The third-order valence-corrected chi connectivity index (χ3v) is 1.36. The lowest BCUT2D eigenvalue weighted by Crippen LogP contribution is -2.19. The number of nitrogens with zero attached hydrogens (tertiary/aromatic N) is 1. The van der Waals surface area contributed by atoms with E-state index >= 15 is 0 Å². The lowest BCUT2D eigenvalue weighted by molar-refractivity contribution is 0.0632. The third-order valence-electron chi connectivity index (χ3n) is 1.12. The molecule has 1 heterocycles. The molecule has 0 saturated heterocycles. The molecule has 0 spiro atoms. The van der Waals surface area contributed by atoms with Crippen molar-refractivity contribution >= 4 is 23.7 Å². The van der Waals surface area contributed by atoms with Gasteiger partial charge in [-0.05, 0) is 12.1 Å². The number of hydrogen-bond donors (Lipinski definition) is 1. The number of esters is 1. The van der Waals surface area contributed by atoms with Gasteiger partial charge >= 0.3 is 12.1 Å². The van der Waals surface area contributed by atoms with Gasteiger partial charge in [-0.3, -0.25) is 0 Å². The van der Waals surface area contributed by atoms with E-state index in [1.807, 2.05) is 0 Å². The lowest BCUT2D eigenvalue weighted by atomic mass is 10.3. The summed E-state index contributed by atoms with van der Waals surface area (Å²) in [6.45, 7) is 0. The van der Waals surface area contributed by atoms with Gasteiger partial charge in [-0.2, -0.15) is 0 Å². The Morgan fingerprint density at radius 3 is 2.77 bits per heavy atom. The Morgan fingerprint density at radius 2 is 2.23 bits per heavy atom. The van der Waals surface area contributed by atoms with E-state index in [-0.39, 0.29) is 5.69 Å². The summed E-state index contributed by atoms with van der Waals surface area (Å²) in [4.78, 5) is 24.8. The van der Waals surface area contributed by atoms with Gasteiger partial charge in [0.05, 0.1) is 0 Å². The van der Waals surface area contributed by atoms with E-state index in [1.165, 1.54) is 18.3 Å². The number of ether oxygens (including phenoxy) is 1. The number of pyridine rings is 1. The van der Waals surface area contributed by atoms with Crippen molar-refractivity contribution in [2.75, 3.05) is 0 Å². The van der Waals surface area contributed by atoms with Crippen LogP contribution in [0.1, 0.15) is 10.5 Å². The van der Waals surface area contributed by atoms with Gasteiger partial charge in [0.15, 0.2) is 0 Å². The Kier molecular flexibility index (Phi) is 2.81. The summed E-state index contributed by atoms with van der Waals surface area (Å²) in [5, 5.41) is 0.325. The van der Waals surface area contributed by atoms with Crippen LogP contribution in [-0.4, -0.2) is 17.0 Å². The maximum Gasteiger partial charge on any atom is 0.412 e. The number of carbonyl (C=O) groups is 2. The summed E-state index contributed by atoms with van der Waals surface area (Å²) in [7, 11) is 0. The number of halogens is 1. The van der Waals surface area contributed by atoms with Gasteiger partial charge in [0, 0.05) is 11.2 Å². The quantitative estimate of drug-likeness (QED) is 0.541. The molecule has 1 amide bonds. The average Bonchev–Trinajstić information content (AvgIpc) is 2.03. The highest BCUT2D eigenvalue weighted by molar-refractivity contribution is 6.30. The number of hydrogen-bond acceptors (Lipinski definition) is 4. The first kappa shape index (κ1) is 9.47. The molecule has 6 heteroatoms. The lowest BCUT2D eigenvalue weighted by Gasteiger charge is -1.98. The minimum absolute atomic E-state index is 0.0636. The van der Waals surface area contributed by atoms with Gasteiger partial charge in [0.1, 0.15) is 5.69 Å². The molecule has 5 nitrogen and oxygen atoms in total. The third kappa shape index (κ3) is 2.72. The van der Waals surface area contributed by atoms with E-state index < -0.39 is 12.1 Å². The highest BCUT2D eigenvalue weighted by atomic mass is 35.5. The van der Waals surface area contributed by atoms with Crippen LogP contribution in [0.15, 0.2) is 18.3 Å². The van der Waals surface area contributed by atoms with Gasteiger partial charge in [-0.15, -0.1) is 0 Å². The molecule has 0 aromatic carbocycles. The molecule has 1 aromatic heterocycles. The normalized spacial score (nSPS) is 9.31. The second kappa shape index (κ2) is 3.86. The Balaban J connectivity index is 2.83. The standard InChI is InChI=1S/C7H5ClN2O3/c8-4-1-2-10-5(3-4)6(11)13-7(9)12/h1-3H,(H2,9,12). The Labute approximate surface area is 78.5 Å². The van der Waals surface area contributed by atoms with Crippen molar-refractivity contribution < 1.29 is 14.3 Å². The van der Waals surface area contributed by atoms with Crippen molar-refractivity contribution in [3.63, 3.8) is 0 Å². The second-order valence-electron chi connectivity index (χ2n) is 2.07. The van der Waals surface area contributed by atoms with Crippen LogP contribution in [-0.2, 0) is 4.74 Å². The van der Waals surface area contributed by atoms with Crippen LogP contribution in [0.25, 0.3) is 0 Å². The maximum atomic E-state index is 11.0. The highest BCUT2D eigenvalue weighted by Gasteiger charge is 2.11. The van der Waals surface area contributed by atoms with Gasteiger partial charge in [0.2, 0.25) is 0 Å². The van der Waals surface area contributed by atoms with Crippen molar-refractivity contribution in [3.05, 3.63) is 29.0 Å². The van der Waals surface area contributed by atoms with Crippen molar-refractivity contribution in [3.8, 4) is 0 Å². The van der Waals surface area contributed by atoms with Crippen molar-refractivity contribution in [2.45, 2.75) is 0 Å². The van der Waals surface area contributed by atoms with Crippen molar-refractivity contribution in [1.82, 2.24) is 4.98 Å². The molecular formula is C7H5ClN2O3. The molecule has 0 bridgehead atoms. The van der Waals surface area contributed by atoms with Gasteiger partial charge in [-0.1, -0.05) is 11.6 Å². The smallest absolute Gasteiger partial charge is 0.372 e. The second-order valence-corrected chi connectivity index (χ2v) is 2.50. The zero-order chi connectivity index (χ0) is 9.84. The fourth-order valence-corrected chi connectivity index (χ4v) is 0.820. The number of amides is 1. The number of primary amides is 1. The van der Waals surface area contributed by atoms with Crippen molar-refractivity contribution in [1.29, 1.82) is 0 Å². The van der Waals surface area contributed by atoms with E-state index in [0.29, 0.717) is 5.02 Å². The first-order valence-corrected chi connectivity index (χ1v) is 3.60. The molecule has 0 aliphatic heterocycles. The Bertz CT molecular complexity index is 353. The van der Waals surface area contributed by atoms with Crippen LogP contribution in [0, 0.1) is 0 Å². The van der Waals surface area contributed by atoms with E-state index in [2.05, 4.69) is 15.5 Å². The molecule has 0 fully saturated rings. The predicted octanol–water partition coefficient (Wildman–Crippen LogP) is 0.971. The molecule has 0 atom stereocenters. The molecule has 0 saturated carbocycles. The molecule has 1 rings (SSSR count). The Morgan fingerprint density at radius 1 is 1.54 bits per heavy atom. The summed E-state index contributed by atoms with van der Waals surface area (Å²) in [6, 6.07) is 2.76. The van der Waals surface area contributed by atoms with Gasteiger partial charge < -0.3 is 10.5 Å². The molecular weight excluding hydrogens is 196 g/mol. The van der Waals surface area contributed by atoms with Gasteiger partial charge in [0.25, 0.3) is 0 Å². The van der Waals surface area contributed by atoms with E-state index in [4.69, 9.17) is 11.6 Å². The number of aromatic nitrogens is 1. The van der Waals surface area contributed by atoms with E-state index in [1.54, 1.807) is 0 Å². The molecule has 0 aliphatic rings. The van der Waals surface area contributed by atoms with E-state index in [9.17, 15) is 9.59 Å². The van der Waals surface area contributed by atoms with Crippen LogP contribution in [0.5, 0.6) is 0 Å². The average molecular weight is 201 g/mol. The number of carbonyl (C=O) groups excluding carboxylic acids is 2. The fourth-order valence-electron chi connectivity index (χ4n) is 0.660. The first-order chi connectivity index (χ1) is 6.09.